The van der Waals surface area contributed by atoms with E-state index in [2.05, 4.69) is 10.3 Å². The maximum atomic E-state index is 11.0. The fourth-order valence-electron chi connectivity index (χ4n) is 1.96. The van der Waals surface area contributed by atoms with E-state index < -0.39 is 5.60 Å². The molecule has 0 aliphatic rings. The molecule has 1 aromatic heterocycles. The second-order valence-electron chi connectivity index (χ2n) is 4.38. The van der Waals surface area contributed by atoms with E-state index in [0.717, 1.165) is 25.7 Å². The Hall–Kier alpha value is -1.36. The molecule has 1 heterocycles. The van der Waals surface area contributed by atoms with E-state index in [9.17, 15) is 10.3 Å². The summed E-state index contributed by atoms with van der Waals surface area (Å²) in [4.78, 5) is 4.02. The summed E-state index contributed by atoms with van der Waals surface area (Å²) in [6, 6.07) is 0. The summed E-state index contributed by atoms with van der Waals surface area (Å²) < 4.78 is 0.689. The lowest BCUT2D eigenvalue weighted by atomic mass is 9.93. The summed E-state index contributed by atoms with van der Waals surface area (Å²) in [6.07, 6.45) is 7.49. The van der Waals surface area contributed by atoms with E-state index >= 15 is 0 Å². The molecule has 5 heteroatoms. The molecule has 2 N–H and O–H groups in total. The van der Waals surface area contributed by atoms with Crippen LogP contribution in [0, 0.1) is 5.21 Å². The van der Waals surface area contributed by atoms with Gasteiger partial charge in [0.1, 0.15) is 0 Å². The number of aromatic nitrogens is 2. The zero-order valence-corrected chi connectivity index (χ0v) is 10.5. The van der Waals surface area contributed by atoms with Gasteiger partial charge in [-0.1, -0.05) is 26.7 Å². The summed E-state index contributed by atoms with van der Waals surface area (Å²) in [6.45, 7) is 4.52. The van der Waals surface area contributed by atoms with Crippen LogP contribution in [0.4, 0.5) is 5.82 Å². The molecule has 0 amide bonds. The van der Waals surface area contributed by atoms with Crippen LogP contribution in [-0.4, -0.2) is 22.2 Å². The lowest BCUT2D eigenvalue weighted by Gasteiger charge is -2.27. The molecule has 5 nitrogen and oxygen atoms in total. The van der Waals surface area contributed by atoms with Crippen LogP contribution < -0.4 is 10.0 Å². The normalized spacial score (nSPS) is 11.5. The van der Waals surface area contributed by atoms with Gasteiger partial charge in [0.25, 0.3) is 0 Å². The van der Waals surface area contributed by atoms with Gasteiger partial charge in [-0.15, -0.1) is 0 Å². The topological polar surface area (TPSA) is 72.1 Å². The zero-order chi connectivity index (χ0) is 12.7. The minimum Gasteiger partial charge on any atom is -0.619 e. The van der Waals surface area contributed by atoms with Crippen molar-refractivity contribution in [3.8, 4) is 0 Å². The lowest BCUT2D eigenvalue weighted by molar-refractivity contribution is -0.605. The predicted octanol–water partition coefficient (Wildman–Crippen LogP) is 1.46. The highest BCUT2D eigenvalue weighted by atomic mass is 16.5. The molecular formula is C12H21N3O2. The van der Waals surface area contributed by atoms with E-state index in [1.165, 1.54) is 18.6 Å². The Labute approximate surface area is 102 Å². The van der Waals surface area contributed by atoms with Crippen LogP contribution in [0.1, 0.15) is 39.5 Å². The quantitative estimate of drug-likeness (QED) is 0.558. The Kier molecular flexibility index (Phi) is 5.15. The summed E-state index contributed by atoms with van der Waals surface area (Å²) in [5, 5.41) is 24.4. The number of hydrogen-bond acceptors (Lipinski definition) is 4. The van der Waals surface area contributed by atoms with Crippen LogP contribution in [0.5, 0.6) is 0 Å². The minimum absolute atomic E-state index is 0.422. The average Bonchev–Trinajstić information content (AvgIpc) is 2.27. The smallest absolute Gasteiger partial charge is 0.222 e. The summed E-state index contributed by atoms with van der Waals surface area (Å²) in [5.41, 5.74) is -0.714. The maximum absolute atomic E-state index is 11.0. The fourth-order valence-corrected chi connectivity index (χ4v) is 1.96. The monoisotopic (exact) mass is 239 g/mol. The van der Waals surface area contributed by atoms with Gasteiger partial charge in [0.15, 0.2) is 12.0 Å². The first kappa shape index (κ1) is 13.7. The van der Waals surface area contributed by atoms with Crippen molar-refractivity contribution in [3.63, 3.8) is 0 Å². The third kappa shape index (κ3) is 4.56. The predicted molar refractivity (Wildman–Crippen MR) is 66.5 cm³/mol. The van der Waals surface area contributed by atoms with Crippen molar-refractivity contribution in [2.45, 2.75) is 45.1 Å². The van der Waals surface area contributed by atoms with Crippen LogP contribution in [0.25, 0.3) is 0 Å². The Morgan fingerprint density at radius 3 is 2.59 bits per heavy atom. The molecule has 0 bridgehead atoms. The summed E-state index contributed by atoms with van der Waals surface area (Å²) >= 11 is 0. The van der Waals surface area contributed by atoms with Crippen LogP contribution in [-0.2, 0) is 0 Å². The van der Waals surface area contributed by atoms with Crippen molar-refractivity contribution < 1.29 is 9.84 Å². The molecule has 1 aromatic rings. The van der Waals surface area contributed by atoms with Gasteiger partial charge in [-0.3, -0.25) is 0 Å². The van der Waals surface area contributed by atoms with Crippen molar-refractivity contribution in [2.24, 2.45) is 0 Å². The molecule has 0 aliphatic carbocycles. The second kappa shape index (κ2) is 6.39. The van der Waals surface area contributed by atoms with E-state index in [4.69, 9.17) is 0 Å². The number of aliphatic hydroxyl groups is 1. The van der Waals surface area contributed by atoms with Gasteiger partial charge >= 0.3 is 0 Å². The molecule has 0 fully saturated rings. The zero-order valence-electron chi connectivity index (χ0n) is 10.5. The third-order valence-corrected chi connectivity index (χ3v) is 2.71. The highest BCUT2D eigenvalue weighted by molar-refractivity contribution is 5.28. The standard InChI is InChI=1S/C12H21N3O2/c1-3-5-12(16,6-4-2)10-14-11-9-15(17)8-7-13-11/h7-9,16H,3-6,10H2,1-2H3,(H,13,14). The van der Waals surface area contributed by atoms with Gasteiger partial charge in [-0.25, -0.2) is 4.98 Å². The second-order valence-corrected chi connectivity index (χ2v) is 4.38. The molecule has 0 aromatic carbocycles. The molecule has 0 atom stereocenters. The molecule has 96 valence electrons. The fraction of sp³-hybridized carbons (Fsp3) is 0.667. The molecule has 0 unspecified atom stereocenters. The minimum atomic E-state index is -0.714. The summed E-state index contributed by atoms with van der Waals surface area (Å²) in [5.74, 6) is 0.494. The number of rotatable bonds is 7. The number of nitrogens with zero attached hydrogens (tertiary/aromatic N) is 2. The van der Waals surface area contributed by atoms with Gasteiger partial charge in [-0.05, 0) is 12.8 Å². The summed E-state index contributed by atoms with van der Waals surface area (Å²) in [7, 11) is 0. The Morgan fingerprint density at radius 1 is 1.41 bits per heavy atom. The first-order valence-corrected chi connectivity index (χ1v) is 6.10. The van der Waals surface area contributed by atoms with Crippen LogP contribution in [0.2, 0.25) is 0 Å². The van der Waals surface area contributed by atoms with Crippen LogP contribution >= 0.6 is 0 Å². The Bertz CT molecular complexity index is 338. The highest BCUT2D eigenvalue weighted by Crippen LogP contribution is 2.19. The van der Waals surface area contributed by atoms with Gasteiger partial charge in [-0.2, -0.15) is 4.73 Å². The SMILES string of the molecule is CCCC(O)(CCC)CNc1c[n+]([O-])ccn1. The van der Waals surface area contributed by atoms with Crippen molar-refractivity contribution in [1.29, 1.82) is 0 Å². The largest absolute Gasteiger partial charge is 0.619 e. The number of anilines is 1. The van der Waals surface area contributed by atoms with Crippen LogP contribution in [0.3, 0.4) is 0 Å². The molecule has 0 spiro atoms. The first-order valence-electron chi connectivity index (χ1n) is 6.10. The van der Waals surface area contributed by atoms with Crippen molar-refractivity contribution in [3.05, 3.63) is 23.8 Å². The molecule has 0 radical (unpaired) electrons. The lowest BCUT2D eigenvalue weighted by Crippen LogP contribution is -2.37. The maximum Gasteiger partial charge on any atom is 0.222 e. The van der Waals surface area contributed by atoms with Crippen molar-refractivity contribution >= 4 is 5.82 Å². The molecule has 0 saturated carbocycles. The molecular weight excluding hydrogens is 218 g/mol. The van der Waals surface area contributed by atoms with Crippen molar-refractivity contribution in [1.82, 2.24) is 4.98 Å². The number of hydrogen-bond donors (Lipinski definition) is 2. The van der Waals surface area contributed by atoms with Gasteiger partial charge in [0.2, 0.25) is 6.20 Å². The first-order chi connectivity index (χ1) is 8.09. The van der Waals surface area contributed by atoms with E-state index in [1.54, 1.807) is 0 Å². The Balaban J connectivity index is 2.57. The van der Waals surface area contributed by atoms with E-state index in [1.807, 2.05) is 13.8 Å². The van der Waals surface area contributed by atoms with Crippen LogP contribution in [0.15, 0.2) is 18.6 Å². The van der Waals surface area contributed by atoms with E-state index in [-0.39, 0.29) is 0 Å². The van der Waals surface area contributed by atoms with Gasteiger partial charge in [0, 0.05) is 6.54 Å². The van der Waals surface area contributed by atoms with Gasteiger partial charge in [0.05, 0.1) is 11.8 Å². The molecule has 0 saturated heterocycles. The van der Waals surface area contributed by atoms with Crippen molar-refractivity contribution in [2.75, 3.05) is 11.9 Å². The average molecular weight is 239 g/mol. The Morgan fingerprint density at radius 2 is 2.06 bits per heavy atom. The number of nitrogens with one attached hydrogen (secondary N) is 1. The van der Waals surface area contributed by atoms with Gasteiger partial charge < -0.3 is 15.6 Å². The molecule has 17 heavy (non-hydrogen) atoms. The van der Waals surface area contributed by atoms with E-state index in [0.29, 0.717) is 17.1 Å². The third-order valence-electron chi connectivity index (χ3n) is 2.71. The molecule has 1 rings (SSSR count). The highest BCUT2D eigenvalue weighted by Gasteiger charge is 2.24. The molecule has 0 aliphatic heterocycles.